The number of hydrogen-bond donors (Lipinski definition) is 1. The predicted molar refractivity (Wildman–Crippen MR) is 162 cm³/mol. The zero-order chi connectivity index (χ0) is 27.9. The molecule has 2 aliphatic heterocycles. The summed E-state index contributed by atoms with van der Waals surface area (Å²) in [5.74, 6) is 3.08. The second kappa shape index (κ2) is 10.3. The van der Waals surface area contributed by atoms with Crippen LogP contribution in [0.3, 0.4) is 0 Å². The maximum Gasteiger partial charge on any atom is 0.231 e. The molecule has 7 rings (SSSR count). The van der Waals surface area contributed by atoms with Gasteiger partial charge in [0.15, 0.2) is 16.6 Å². The van der Waals surface area contributed by atoms with Crippen molar-refractivity contribution in [1.29, 1.82) is 0 Å². The highest BCUT2D eigenvalue weighted by Gasteiger charge is 2.42. The fourth-order valence-electron chi connectivity index (χ4n) is 5.76. The highest BCUT2D eigenvalue weighted by molar-refractivity contribution is 7.80. The van der Waals surface area contributed by atoms with E-state index in [0.717, 1.165) is 57.0 Å². The lowest BCUT2D eigenvalue weighted by molar-refractivity contribution is 0.174. The summed E-state index contributed by atoms with van der Waals surface area (Å²) in [7, 11) is 0. The maximum absolute atomic E-state index is 6.04. The Morgan fingerprint density at radius 3 is 2.34 bits per heavy atom. The lowest BCUT2D eigenvalue weighted by atomic mass is 9.96. The maximum atomic E-state index is 6.04. The Morgan fingerprint density at radius 2 is 1.56 bits per heavy atom. The summed E-state index contributed by atoms with van der Waals surface area (Å²) in [6.45, 7) is 4.52. The standard InChI is InChI=1S/C33H28N4O3S/c1-21-18-27(22(2)36(21)24-13-16-29-30(19-24)39-20-38-29)32-31(28-10-6-7-17-34-28)35-33(41)37(32)23-11-14-26(15-12-23)40-25-8-4-3-5-9-25/h3-19,31-32H,20H2,1-2H3,(H,35,41)/t31-,32+/m1/s1. The van der Waals surface area contributed by atoms with Gasteiger partial charge in [0.1, 0.15) is 11.5 Å². The van der Waals surface area contributed by atoms with E-state index in [1.807, 2.05) is 79.0 Å². The molecule has 0 radical (unpaired) electrons. The fraction of sp³-hybridized carbons (Fsp3) is 0.152. The molecule has 0 spiro atoms. The van der Waals surface area contributed by atoms with Gasteiger partial charge in [-0.05, 0) is 98.4 Å². The van der Waals surface area contributed by atoms with E-state index in [-0.39, 0.29) is 18.9 Å². The first-order valence-corrected chi connectivity index (χ1v) is 13.9. The van der Waals surface area contributed by atoms with Gasteiger partial charge >= 0.3 is 0 Å². The number of rotatable bonds is 6. The van der Waals surface area contributed by atoms with Crippen LogP contribution in [0.25, 0.3) is 5.69 Å². The Kier molecular flexibility index (Phi) is 6.32. The Morgan fingerprint density at radius 1 is 0.829 bits per heavy atom. The van der Waals surface area contributed by atoms with Crippen molar-refractivity contribution < 1.29 is 14.2 Å². The SMILES string of the molecule is Cc1cc([C@H]2[C@@H](c3ccccn3)NC(=S)N2c2ccc(Oc3ccccc3)cc2)c(C)n1-c1ccc2c(c1)OCO2. The third kappa shape index (κ3) is 4.56. The number of pyridine rings is 1. The largest absolute Gasteiger partial charge is 0.457 e. The van der Waals surface area contributed by atoms with Crippen molar-refractivity contribution in [2.75, 3.05) is 11.7 Å². The molecule has 0 amide bonds. The molecular weight excluding hydrogens is 532 g/mol. The normalized spacial score (nSPS) is 17.5. The molecule has 0 bridgehead atoms. The van der Waals surface area contributed by atoms with Crippen molar-refractivity contribution in [1.82, 2.24) is 14.9 Å². The first-order chi connectivity index (χ1) is 20.1. The predicted octanol–water partition coefficient (Wildman–Crippen LogP) is 7.19. The van der Waals surface area contributed by atoms with Crippen LogP contribution in [0, 0.1) is 13.8 Å². The number of hydrogen-bond acceptors (Lipinski definition) is 5. The van der Waals surface area contributed by atoms with Crippen LogP contribution in [0.2, 0.25) is 0 Å². The topological polar surface area (TPSA) is 60.8 Å². The number of anilines is 1. The summed E-state index contributed by atoms with van der Waals surface area (Å²) in [4.78, 5) is 6.90. The molecule has 7 nitrogen and oxygen atoms in total. The minimum Gasteiger partial charge on any atom is -0.457 e. The number of fused-ring (bicyclic) bond motifs is 1. The molecule has 2 aliphatic rings. The molecule has 3 aromatic carbocycles. The molecule has 1 fully saturated rings. The summed E-state index contributed by atoms with van der Waals surface area (Å²) in [5.41, 5.74) is 6.31. The van der Waals surface area contributed by atoms with Crippen LogP contribution in [0.4, 0.5) is 5.69 Å². The molecule has 1 N–H and O–H groups in total. The second-order valence-electron chi connectivity index (χ2n) is 10.1. The summed E-state index contributed by atoms with van der Waals surface area (Å²) in [6.07, 6.45) is 1.82. The van der Waals surface area contributed by atoms with E-state index in [9.17, 15) is 0 Å². The van der Waals surface area contributed by atoms with Crippen molar-refractivity contribution in [2.24, 2.45) is 0 Å². The van der Waals surface area contributed by atoms with E-state index in [0.29, 0.717) is 5.11 Å². The second-order valence-corrected chi connectivity index (χ2v) is 10.5. The molecule has 41 heavy (non-hydrogen) atoms. The van der Waals surface area contributed by atoms with Crippen LogP contribution in [0.15, 0.2) is 103 Å². The first-order valence-electron chi connectivity index (χ1n) is 13.5. The molecular formula is C33H28N4O3S. The number of aryl methyl sites for hydroxylation is 1. The number of aromatic nitrogens is 2. The van der Waals surface area contributed by atoms with Gasteiger partial charge in [-0.3, -0.25) is 4.98 Å². The zero-order valence-electron chi connectivity index (χ0n) is 22.7. The lowest BCUT2D eigenvalue weighted by Gasteiger charge is -2.28. The smallest absolute Gasteiger partial charge is 0.231 e. The van der Waals surface area contributed by atoms with E-state index in [4.69, 9.17) is 31.4 Å². The number of para-hydroxylation sites is 1. The highest BCUT2D eigenvalue weighted by atomic mass is 32.1. The number of nitrogens with one attached hydrogen (secondary N) is 1. The van der Waals surface area contributed by atoms with Gasteiger partial charge in [-0.2, -0.15) is 0 Å². The molecule has 8 heteroatoms. The third-order valence-corrected chi connectivity index (χ3v) is 7.91. The van der Waals surface area contributed by atoms with Crippen LogP contribution < -0.4 is 24.4 Å². The molecule has 2 aromatic heterocycles. The molecule has 0 saturated carbocycles. The van der Waals surface area contributed by atoms with Gasteiger partial charge in [0, 0.05) is 35.0 Å². The van der Waals surface area contributed by atoms with Gasteiger partial charge in [0.05, 0.1) is 17.8 Å². The van der Waals surface area contributed by atoms with E-state index in [1.165, 1.54) is 0 Å². The zero-order valence-corrected chi connectivity index (χ0v) is 23.5. The lowest BCUT2D eigenvalue weighted by Crippen LogP contribution is -2.29. The van der Waals surface area contributed by atoms with E-state index >= 15 is 0 Å². The van der Waals surface area contributed by atoms with Crippen LogP contribution in [-0.4, -0.2) is 21.5 Å². The average Bonchev–Trinajstić information content (AvgIpc) is 3.69. The number of thiocarbonyl (C=S) groups is 1. The van der Waals surface area contributed by atoms with Crippen LogP contribution in [-0.2, 0) is 0 Å². The Balaban J connectivity index is 1.29. The molecule has 1 saturated heterocycles. The van der Waals surface area contributed by atoms with Crippen LogP contribution >= 0.6 is 12.2 Å². The van der Waals surface area contributed by atoms with Crippen LogP contribution in [0.5, 0.6) is 23.0 Å². The fourth-order valence-corrected chi connectivity index (χ4v) is 6.10. The summed E-state index contributed by atoms with van der Waals surface area (Å²) < 4.78 is 19.5. The van der Waals surface area contributed by atoms with Crippen molar-refractivity contribution >= 4 is 23.0 Å². The third-order valence-electron chi connectivity index (χ3n) is 7.60. The van der Waals surface area contributed by atoms with E-state index in [1.54, 1.807) is 0 Å². The highest BCUT2D eigenvalue weighted by Crippen LogP contribution is 2.44. The number of nitrogens with zero attached hydrogens (tertiary/aromatic N) is 3. The molecule has 204 valence electrons. The van der Waals surface area contributed by atoms with Gasteiger partial charge in [0.2, 0.25) is 6.79 Å². The van der Waals surface area contributed by atoms with E-state index < -0.39 is 0 Å². The Hall–Kier alpha value is -4.82. The number of benzene rings is 3. The average molecular weight is 561 g/mol. The minimum absolute atomic E-state index is 0.132. The summed E-state index contributed by atoms with van der Waals surface area (Å²) in [6, 6.07) is 31.9. The monoisotopic (exact) mass is 560 g/mol. The number of ether oxygens (including phenoxy) is 3. The van der Waals surface area contributed by atoms with Gasteiger partial charge in [-0.25, -0.2) is 0 Å². The molecule has 2 atom stereocenters. The molecule has 4 heterocycles. The minimum atomic E-state index is -0.144. The van der Waals surface area contributed by atoms with E-state index in [2.05, 4.69) is 52.9 Å². The van der Waals surface area contributed by atoms with Gasteiger partial charge in [-0.1, -0.05) is 24.3 Å². The molecule has 5 aromatic rings. The van der Waals surface area contributed by atoms with Crippen molar-refractivity contribution in [3.8, 4) is 28.7 Å². The molecule has 0 aliphatic carbocycles. The van der Waals surface area contributed by atoms with Gasteiger partial charge in [-0.15, -0.1) is 0 Å². The Labute approximate surface area is 243 Å². The first kappa shape index (κ1) is 25.2. The van der Waals surface area contributed by atoms with Crippen molar-refractivity contribution in [3.63, 3.8) is 0 Å². The van der Waals surface area contributed by atoms with Gasteiger partial charge in [0.25, 0.3) is 0 Å². The molecule has 0 unspecified atom stereocenters. The summed E-state index contributed by atoms with van der Waals surface area (Å²) >= 11 is 5.96. The summed E-state index contributed by atoms with van der Waals surface area (Å²) in [5, 5.41) is 4.22. The quantitative estimate of drug-likeness (QED) is 0.221. The van der Waals surface area contributed by atoms with Crippen LogP contribution in [0.1, 0.15) is 34.7 Å². The van der Waals surface area contributed by atoms with Gasteiger partial charge < -0.3 is 29.0 Å². The Bertz CT molecular complexity index is 1720. The van der Waals surface area contributed by atoms with Crippen molar-refractivity contribution in [3.05, 3.63) is 126 Å². The van der Waals surface area contributed by atoms with Crippen molar-refractivity contribution in [2.45, 2.75) is 25.9 Å².